The maximum absolute atomic E-state index is 2.45. The molecule has 0 rings (SSSR count). The molecule has 0 saturated heterocycles. The molecule has 0 fully saturated rings. The van der Waals surface area contributed by atoms with Crippen LogP contribution in [0.3, 0.4) is 0 Å². The van der Waals surface area contributed by atoms with Gasteiger partial charge in [-0.05, 0) is 25.7 Å². The van der Waals surface area contributed by atoms with Crippen LogP contribution in [0.15, 0.2) is 12.2 Å². The Kier molecular flexibility index (Phi) is 28.5. The first kappa shape index (κ1) is 29.7. The van der Waals surface area contributed by atoms with Gasteiger partial charge >= 0.3 is 0 Å². The molecule has 0 aromatic heterocycles. The lowest BCUT2D eigenvalue weighted by Gasteiger charge is -2.02. The van der Waals surface area contributed by atoms with Crippen LogP contribution >= 0.6 is 0 Å². The average Bonchev–Trinajstić information content (AvgIpc) is 2.76. The van der Waals surface area contributed by atoms with E-state index in [1.54, 1.807) is 0 Å². The molecule has 0 aromatic rings. The van der Waals surface area contributed by atoms with Crippen molar-refractivity contribution in [1.82, 2.24) is 0 Å². The quantitative estimate of drug-likeness (QED) is 0.0963. The molecule has 30 heavy (non-hydrogen) atoms. The number of allylic oxidation sites excluding steroid dienone is 2. The summed E-state index contributed by atoms with van der Waals surface area (Å²) in [7, 11) is 0. The molecule has 0 aliphatic heterocycles. The summed E-state index contributed by atoms with van der Waals surface area (Å²) in [5, 5.41) is 0. The Morgan fingerprint density at radius 2 is 0.467 bits per heavy atom. The number of hydrogen-bond acceptors (Lipinski definition) is 0. The van der Waals surface area contributed by atoms with Crippen LogP contribution in [0, 0.1) is 0 Å². The van der Waals surface area contributed by atoms with Crippen LogP contribution in [-0.2, 0) is 0 Å². The summed E-state index contributed by atoms with van der Waals surface area (Å²) in [4.78, 5) is 0. The topological polar surface area (TPSA) is 0 Å². The summed E-state index contributed by atoms with van der Waals surface area (Å²) < 4.78 is 0. The minimum atomic E-state index is 1.32. The Bertz CT molecular complexity index is 273. The van der Waals surface area contributed by atoms with E-state index in [0.717, 1.165) is 0 Å². The van der Waals surface area contributed by atoms with Gasteiger partial charge in [0.2, 0.25) is 0 Å². The number of hydrogen-bond donors (Lipinski definition) is 0. The summed E-state index contributed by atoms with van der Waals surface area (Å²) in [6, 6.07) is 0. The van der Waals surface area contributed by atoms with Gasteiger partial charge in [0.1, 0.15) is 0 Å². The predicted octanol–water partition coefficient (Wildman–Crippen LogP) is 11.7. The fourth-order valence-corrected chi connectivity index (χ4v) is 4.44. The van der Waals surface area contributed by atoms with Gasteiger partial charge in [0.15, 0.2) is 0 Å². The molecule has 0 spiro atoms. The van der Waals surface area contributed by atoms with Crippen molar-refractivity contribution in [3.8, 4) is 0 Å². The zero-order valence-corrected chi connectivity index (χ0v) is 21.5. The lowest BCUT2D eigenvalue weighted by Crippen LogP contribution is -1.82. The van der Waals surface area contributed by atoms with E-state index in [9.17, 15) is 0 Å². The molecule has 0 unspecified atom stereocenters. The highest BCUT2D eigenvalue weighted by molar-refractivity contribution is 4.81. The molecular formula is C30H60. The van der Waals surface area contributed by atoms with E-state index in [4.69, 9.17) is 0 Å². The van der Waals surface area contributed by atoms with Crippen molar-refractivity contribution in [2.45, 2.75) is 181 Å². The Morgan fingerprint density at radius 3 is 0.700 bits per heavy atom. The molecule has 0 radical (unpaired) electrons. The van der Waals surface area contributed by atoms with Crippen molar-refractivity contribution >= 4 is 0 Å². The molecule has 0 nitrogen and oxygen atoms in total. The van der Waals surface area contributed by atoms with E-state index in [-0.39, 0.29) is 0 Å². The molecule has 0 N–H and O–H groups in total. The Hall–Kier alpha value is -0.260. The van der Waals surface area contributed by atoms with Crippen LogP contribution in [0.5, 0.6) is 0 Å². The highest BCUT2D eigenvalue weighted by atomic mass is 14.0. The van der Waals surface area contributed by atoms with Crippen molar-refractivity contribution in [2.24, 2.45) is 0 Å². The molecule has 0 bridgehead atoms. The largest absolute Gasteiger partial charge is 0.0885 e. The summed E-state index contributed by atoms with van der Waals surface area (Å²) >= 11 is 0. The lowest BCUT2D eigenvalue weighted by atomic mass is 10.0. The first-order valence-corrected chi connectivity index (χ1v) is 14.6. The number of rotatable bonds is 26. The van der Waals surface area contributed by atoms with Crippen LogP contribution < -0.4 is 0 Å². The van der Waals surface area contributed by atoms with E-state index in [0.29, 0.717) is 0 Å². The van der Waals surface area contributed by atoms with Gasteiger partial charge in [-0.25, -0.2) is 0 Å². The standard InChI is InChI=1S/C30H60/c1-3-5-7-9-11-13-15-17-19-21-23-25-27-29-30-28-26-24-22-20-18-16-14-12-10-8-6-4-2/h29-30H,3-28H2,1-2H3/b30-29-. The average molecular weight is 421 g/mol. The number of unbranched alkanes of at least 4 members (excludes halogenated alkanes) is 24. The Morgan fingerprint density at radius 1 is 0.267 bits per heavy atom. The van der Waals surface area contributed by atoms with Crippen LogP contribution in [0.25, 0.3) is 0 Å². The summed E-state index contributed by atoms with van der Waals surface area (Å²) in [6.45, 7) is 4.60. The first-order chi connectivity index (χ1) is 14.9. The molecule has 0 aliphatic rings. The van der Waals surface area contributed by atoms with E-state index in [2.05, 4.69) is 26.0 Å². The predicted molar refractivity (Wildman–Crippen MR) is 141 cm³/mol. The van der Waals surface area contributed by atoms with E-state index >= 15 is 0 Å². The third-order valence-corrected chi connectivity index (χ3v) is 6.62. The molecule has 0 aliphatic carbocycles. The smallest absolute Gasteiger partial charge is 0.0351 e. The second-order valence-electron chi connectivity index (χ2n) is 9.83. The molecule has 0 heteroatoms. The molecule has 0 heterocycles. The zero-order valence-electron chi connectivity index (χ0n) is 21.5. The zero-order chi connectivity index (χ0) is 21.8. The summed E-state index contributed by atoms with van der Waals surface area (Å²) in [6.07, 6.45) is 42.4. The van der Waals surface area contributed by atoms with Gasteiger partial charge in [-0.2, -0.15) is 0 Å². The fraction of sp³-hybridized carbons (Fsp3) is 0.933. The molecule has 0 amide bonds. The first-order valence-electron chi connectivity index (χ1n) is 14.6. The highest BCUT2D eigenvalue weighted by Crippen LogP contribution is 2.14. The van der Waals surface area contributed by atoms with Crippen molar-refractivity contribution < 1.29 is 0 Å². The van der Waals surface area contributed by atoms with Crippen molar-refractivity contribution in [3.63, 3.8) is 0 Å². The molecule has 180 valence electrons. The third-order valence-electron chi connectivity index (χ3n) is 6.62. The monoisotopic (exact) mass is 420 g/mol. The van der Waals surface area contributed by atoms with Gasteiger partial charge in [0.05, 0.1) is 0 Å². The third kappa shape index (κ3) is 27.7. The van der Waals surface area contributed by atoms with Gasteiger partial charge in [0.25, 0.3) is 0 Å². The van der Waals surface area contributed by atoms with E-state index < -0.39 is 0 Å². The van der Waals surface area contributed by atoms with Gasteiger partial charge in [-0.1, -0.05) is 167 Å². The summed E-state index contributed by atoms with van der Waals surface area (Å²) in [5.41, 5.74) is 0. The Balaban J connectivity index is 3.06. The maximum atomic E-state index is 2.45. The van der Waals surface area contributed by atoms with E-state index in [1.165, 1.54) is 167 Å². The SMILES string of the molecule is CCCCCCCCCCCCCC/C=C\CCCCCCCCCCCCCC. The van der Waals surface area contributed by atoms with Gasteiger partial charge in [0, 0.05) is 0 Å². The second kappa shape index (κ2) is 28.7. The van der Waals surface area contributed by atoms with Crippen LogP contribution in [-0.4, -0.2) is 0 Å². The minimum Gasteiger partial charge on any atom is -0.0885 e. The Labute approximate surface area is 193 Å². The minimum absolute atomic E-state index is 1.32. The molecule has 0 aromatic carbocycles. The molecule has 0 saturated carbocycles. The van der Waals surface area contributed by atoms with Gasteiger partial charge in [-0.3, -0.25) is 0 Å². The second-order valence-corrected chi connectivity index (χ2v) is 9.83. The van der Waals surface area contributed by atoms with Crippen molar-refractivity contribution in [2.75, 3.05) is 0 Å². The van der Waals surface area contributed by atoms with Crippen LogP contribution in [0.2, 0.25) is 0 Å². The van der Waals surface area contributed by atoms with Crippen LogP contribution in [0.4, 0.5) is 0 Å². The van der Waals surface area contributed by atoms with Crippen molar-refractivity contribution in [3.05, 3.63) is 12.2 Å². The van der Waals surface area contributed by atoms with Gasteiger partial charge < -0.3 is 0 Å². The fourth-order valence-electron chi connectivity index (χ4n) is 4.44. The molecule has 0 atom stereocenters. The van der Waals surface area contributed by atoms with E-state index in [1.807, 2.05) is 0 Å². The molecular weight excluding hydrogens is 360 g/mol. The normalized spacial score (nSPS) is 11.7. The van der Waals surface area contributed by atoms with Crippen molar-refractivity contribution in [1.29, 1.82) is 0 Å². The van der Waals surface area contributed by atoms with Crippen LogP contribution in [0.1, 0.15) is 181 Å². The summed E-state index contributed by atoms with van der Waals surface area (Å²) in [5.74, 6) is 0. The maximum Gasteiger partial charge on any atom is -0.0351 e. The lowest BCUT2D eigenvalue weighted by molar-refractivity contribution is 0.544. The highest BCUT2D eigenvalue weighted by Gasteiger charge is 1.94. The van der Waals surface area contributed by atoms with Gasteiger partial charge in [-0.15, -0.1) is 0 Å².